The van der Waals surface area contributed by atoms with Crippen molar-refractivity contribution in [2.24, 2.45) is 0 Å². The quantitative estimate of drug-likeness (QED) is 0.165. The van der Waals surface area contributed by atoms with Crippen molar-refractivity contribution >= 4 is 5.97 Å². The molecule has 0 aliphatic heterocycles. The van der Waals surface area contributed by atoms with Gasteiger partial charge in [-0.05, 0) is 35.2 Å². The maximum atomic E-state index is 13.7. The fraction of sp³-hybridized carbons (Fsp3) is 0.136. The highest BCUT2D eigenvalue weighted by Crippen LogP contribution is 2.30. The van der Waals surface area contributed by atoms with E-state index in [1.165, 1.54) is 17.7 Å². The van der Waals surface area contributed by atoms with Crippen LogP contribution in [0.4, 0.5) is 22.0 Å². The number of halogens is 5. The number of aryl methyl sites for hydroxylation is 1. The minimum Gasteiger partial charge on any atom is -0.416 e. The van der Waals surface area contributed by atoms with Crippen molar-refractivity contribution in [3.63, 3.8) is 0 Å². The number of benzene rings is 3. The standard InChI is InChI=1S/C22H15F5O2/c1-2-3-12-4-6-13(7-5-12)14-8-10-15(11-9-14)22(28)29-21-19(26)17(24)16(23)18(25)20(21)27/h4-11H,2-3H2,1H3. The predicted octanol–water partition coefficient (Wildman–Crippen LogP) is 6.22. The molecule has 3 aromatic carbocycles. The van der Waals surface area contributed by atoms with Crippen molar-refractivity contribution in [1.29, 1.82) is 0 Å². The highest BCUT2D eigenvalue weighted by atomic mass is 19.2. The number of carbonyl (C=O) groups is 1. The molecule has 0 unspecified atom stereocenters. The molecule has 0 aromatic heterocycles. The Kier molecular flexibility index (Phi) is 5.96. The van der Waals surface area contributed by atoms with Crippen LogP contribution in [0.5, 0.6) is 5.75 Å². The van der Waals surface area contributed by atoms with E-state index in [0.29, 0.717) is 0 Å². The van der Waals surface area contributed by atoms with E-state index in [2.05, 4.69) is 11.7 Å². The Morgan fingerprint density at radius 3 is 1.66 bits per heavy atom. The molecule has 0 aliphatic rings. The molecule has 150 valence electrons. The Balaban J connectivity index is 1.81. The average Bonchev–Trinajstić information content (AvgIpc) is 2.75. The van der Waals surface area contributed by atoms with Crippen molar-refractivity contribution in [3.05, 3.63) is 88.7 Å². The summed E-state index contributed by atoms with van der Waals surface area (Å²) >= 11 is 0. The fourth-order valence-electron chi connectivity index (χ4n) is 2.78. The second-order valence-corrected chi connectivity index (χ2v) is 6.31. The predicted molar refractivity (Wildman–Crippen MR) is 97.1 cm³/mol. The molecule has 0 radical (unpaired) electrons. The van der Waals surface area contributed by atoms with Crippen LogP contribution in [0.15, 0.2) is 48.5 Å². The molecule has 0 aliphatic carbocycles. The van der Waals surface area contributed by atoms with Crippen LogP contribution < -0.4 is 4.74 Å². The molecule has 0 saturated heterocycles. The van der Waals surface area contributed by atoms with Crippen molar-refractivity contribution in [2.75, 3.05) is 0 Å². The van der Waals surface area contributed by atoms with Gasteiger partial charge in [-0.3, -0.25) is 0 Å². The zero-order chi connectivity index (χ0) is 21.1. The van der Waals surface area contributed by atoms with Gasteiger partial charge in [-0.15, -0.1) is 0 Å². The topological polar surface area (TPSA) is 26.3 Å². The number of carbonyl (C=O) groups excluding carboxylic acids is 1. The molecule has 2 nitrogen and oxygen atoms in total. The fourth-order valence-corrected chi connectivity index (χ4v) is 2.78. The first-order chi connectivity index (χ1) is 13.8. The zero-order valence-corrected chi connectivity index (χ0v) is 15.2. The lowest BCUT2D eigenvalue weighted by atomic mass is 10.0. The van der Waals surface area contributed by atoms with Crippen molar-refractivity contribution in [2.45, 2.75) is 19.8 Å². The minimum atomic E-state index is -2.32. The minimum absolute atomic E-state index is 0.111. The van der Waals surface area contributed by atoms with Gasteiger partial charge in [0.15, 0.2) is 0 Å². The summed E-state index contributed by atoms with van der Waals surface area (Å²) in [5.74, 6) is -14.0. The molecule has 29 heavy (non-hydrogen) atoms. The molecular formula is C22H15F5O2. The van der Waals surface area contributed by atoms with Gasteiger partial charge >= 0.3 is 5.97 Å². The van der Waals surface area contributed by atoms with Gasteiger partial charge in [0.25, 0.3) is 0 Å². The van der Waals surface area contributed by atoms with Gasteiger partial charge < -0.3 is 4.74 Å². The van der Waals surface area contributed by atoms with Crippen LogP contribution in [-0.4, -0.2) is 5.97 Å². The number of rotatable bonds is 5. The first kappa shape index (κ1) is 20.5. The first-order valence-corrected chi connectivity index (χ1v) is 8.76. The third-order valence-electron chi connectivity index (χ3n) is 4.31. The monoisotopic (exact) mass is 406 g/mol. The molecule has 0 amide bonds. The summed E-state index contributed by atoms with van der Waals surface area (Å²) in [7, 11) is 0. The van der Waals surface area contributed by atoms with Crippen molar-refractivity contribution in [1.82, 2.24) is 0 Å². The lowest BCUT2D eigenvalue weighted by Gasteiger charge is -2.09. The Bertz CT molecular complexity index is 1020. The van der Waals surface area contributed by atoms with E-state index >= 15 is 0 Å². The van der Waals surface area contributed by atoms with E-state index < -0.39 is 40.8 Å². The van der Waals surface area contributed by atoms with Gasteiger partial charge in [-0.2, -0.15) is 8.78 Å². The van der Waals surface area contributed by atoms with Crippen LogP contribution in [0, 0.1) is 29.1 Å². The van der Waals surface area contributed by atoms with Gasteiger partial charge in [-0.25, -0.2) is 18.0 Å². The molecule has 0 bridgehead atoms. The summed E-state index contributed by atoms with van der Waals surface area (Å²) in [5, 5.41) is 0. The van der Waals surface area contributed by atoms with E-state index in [0.717, 1.165) is 24.0 Å². The van der Waals surface area contributed by atoms with Gasteiger partial charge in [0.2, 0.25) is 34.8 Å². The largest absolute Gasteiger partial charge is 0.416 e. The lowest BCUT2D eigenvalue weighted by Crippen LogP contribution is -2.13. The Labute approximate surface area is 163 Å². The van der Waals surface area contributed by atoms with E-state index in [1.54, 1.807) is 12.1 Å². The molecule has 0 spiro atoms. The molecule has 0 atom stereocenters. The second-order valence-electron chi connectivity index (χ2n) is 6.31. The summed E-state index contributed by atoms with van der Waals surface area (Å²) in [6.07, 6.45) is 1.99. The maximum absolute atomic E-state index is 13.7. The third-order valence-corrected chi connectivity index (χ3v) is 4.31. The Morgan fingerprint density at radius 2 is 1.17 bits per heavy atom. The summed E-state index contributed by atoms with van der Waals surface area (Å²) < 4.78 is 71.2. The molecule has 3 rings (SSSR count). The maximum Gasteiger partial charge on any atom is 0.343 e. The summed E-state index contributed by atoms with van der Waals surface area (Å²) in [4.78, 5) is 12.1. The van der Waals surface area contributed by atoms with Crippen LogP contribution in [0.2, 0.25) is 0 Å². The summed E-state index contributed by atoms with van der Waals surface area (Å²) in [6.45, 7) is 2.08. The van der Waals surface area contributed by atoms with Gasteiger partial charge in [0, 0.05) is 0 Å². The molecule has 7 heteroatoms. The highest BCUT2D eigenvalue weighted by molar-refractivity contribution is 5.91. The normalized spacial score (nSPS) is 10.8. The number of ether oxygens (including phenoxy) is 1. The second kappa shape index (κ2) is 8.43. The van der Waals surface area contributed by atoms with Crippen LogP contribution >= 0.6 is 0 Å². The zero-order valence-electron chi connectivity index (χ0n) is 15.2. The molecule has 3 aromatic rings. The van der Waals surface area contributed by atoms with Gasteiger partial charge in [0.1, 0.15) is 0 Å². The van der Waals surface area contributed by atoms with Crippen molar-refractivity contribution < 1.29 is 31.5 Å². The highest BCUT2D eigenvalue weighted by Gasteiger charge is 2.28. The molecular weight excluding hydrogens is 391 g/mol. The summed E-state index contributed by atoms with van der Waals surface area (Å²) in [6, 6.07) is 13.7. The lowest BCUT2D eigenvalue weighted by molar-refractivity contribution is 0.0716. The van der Waals surface area contributed by atoms with Crippen LogP contribution in [0.3, 0.4) is 0 Å². The summed E-state index contributed by atoms with van der Waals surface area (Å²) in [5.41, 5.74) is 2.75. The molecule has 0 fully saturated rings. The SMILES string of the molecule is CCCc1ccc(-c2ccc(C(=O)Oc3c(F)c(F)c(F)c(F)c3F)cc2)cc1. The number of hydrogen-bond acceptors (Lipinski definition) is 2. The molecule has 0 heterocycles. The number of hydrogen-bond donors (Lipinski definition) is 0. The van der Waals surface area contributed by atoms with Crippen LogP contribution in [-0.2, 0) is 6.42 Å². The smallest absolute Gasteiger partial charge is 0.343 e. The molecule has 0 N–H and O–H groups in total. The van der Waals surface area contributed by atoms with Crippen LogP contribution in [0.25, 0.3) is 11.1 Å². The van der Waals surface area contributed by atoms with E-state index in [4.69, 9.17) is 0 Å². The van der Waals surface area contributed by atoms with E-state index in [1.807, 2.05) is 24.3 Å². The average molecular weight is 406 g/mol. The van der Waals surface area contributed by atoms with Crippen molar-refractivity contribution in [3.8, 4) is 16.9 Å². The Hall–Kier alpha value is -3.22. The third kappa shape index (κ3) is 4.13. The van der Waals surface area contributed by atoms with E-state index in [9.17, 15) is 26.7 Å². The number of esters is 1. The van der Waals surface area contributed by atoms with Gasteiger partial charge in [-0.1, -0.05) is 49.7 Å². The van der Waals surface area contributed by atoms with E-state index in [-0.39, 0.29) is 5.56 Å². The Morgan fingerprint density at radius 1 is 0.724 bits per heavy atom. The first-order valence-electron chi connectivity index (χ1n) is 8.76. The van der Waals surface area contributed by atoms with Gasteiger partial charge in [0.05, 0.1) is 5.56 Å². The van der Waals surface area contributed by atoms with Crippen LogP contribution in [0.1, 0.15) is 29.3 Å². The molecule has 0 saturated carbocycles.